The molecule has 7 nitrogen and oxygen atoms in total. The zero-order chi connectivity index (χ0) is 24.5. The third-order valence-electron chi connectivity index (χ3n) is 7.33. The maximum Gasteiger partial charge on any atom is 0.322 e. The predicted octanol–water partition coefficient (Wildman–Crippen LogP) is 4.78. The summed E-state index contributed by atoms with van der Waals surface area (Å²) in [6, 6.07) is 21.4. The number of methoxy groups -OCH3 is 2. The molecule has 35 heavy (non-hydrogen) atoms. The largest absolute Gasteiger partial charge is 0.497 e. The lowest BCUT2D eigenvalue weighted by Gasteiger charge is -2.44. The van der Waals surface area contributed by atoms with E-state index in [4.69, 9.17) is 9.47 Å². The Balaban J connectivity index is 1.52. The van der Waals surface area contributed by atoms with Gasteiger partial charge in [-0.05, 0) is 59.5 Å². The SMILES string of the molecule is COc1cccc(NC(=O)N2CC[C@@H]3[C@H]2c2cc(-c4cccc(OC)c4)ccc2N(C)[C@H]3CO)c1. The van der Waals surface area contributed by atoms with Gasteiger partial charge in [-0.3, -0.25) is 0 Å². The minimum absolute atomic E-state index is 0.0418. The standard InChI is InChI=1S/C28H31N3O4/c1-30-25-11-10-19(18-6-4-8-21(14-18)34-2)15-24(25)27-23(26(30)17-32)12-13-31(27)28(33)29-20-7-5-9-22(16-20)35-3/h4-11,14-16,23,26-27,32H,12-13,17H2,1-3H3,(H,29,33)/t23-,26-,27-/m0/s1. The molecule has 2 N–H and O–H groups in total. The van der Waals surface area contributed by atoms with E-state index in [9.17, 15) is 9.90 Å². The van der Waals surface area contributed by atoms with Crippen molar-refractivity contribution in [3.05, 3.63) is 72.3 Å². The Hall–Kier alpha value is -3.71. The maximum atomic E-state index is 13.5. The predicted molar refractivity (Wildman–Crippen MR) is 137 cm³/mol. The van der Waals surface area contributed by atoms with Crippen molar-refractivity contribution in [2.45, 2.75) is 18.5 Å². The molecule has 3 aromatic carbocycles. The first kappa shape index (κ1) is 23.1. The van der Waals surface area contributed by atoms with Gasteiger partial charge in [0.15, 0.2) is 0 Å². The fraction of sp³-hybridized carbons (Fsp3) is 0.321. The number of hydrogen-bond donors (Lipinski definition) is 2. The quantitative estimate of drug-likeness (QED) is 0.558. The Kier molecular flexibility index (Phi) is 6.26. The summed E-state index contributed by atoms with van der Waals surface area (Å²) in [5, 5.41) is 13.3. The number of aliphatic hydroxyl groups excluding tert-OH is 1. The van der Waals surface area contributed by atoms with Gasteiger partial charge in [-0.25, -0.2) is 4.79 Å². The second-order valence-corrected chi connectivity index (χ2v) is 9.12. The summed E-state index contributed by atoms with van der Waals surface area (Å²) in [4.78, 5) is 17.5. The number of rotatable bonds is 5. The molecular formula is C28H31N3O4. The lowest BCUT2D eigenvalue weighted by molar-refractivity contribution is 0.168. The fourth-order valence-corrected chi connectivity index (χ4v) is 5.56. The summed E-state index contributed by atoms with van der Waals surface area (Å²) in [7, 11) is 5.30. The molecule has 2 aliphatic rings. The molecule has 1 saturated heterocycles. The molecule has 2 amide bonds. The van der Waals surface area contributed by atoms with E-state index in [0.717, 1.165) is 34.5 Å². The number of likely N-dealkylation sites (tertiary alicyclic amines) is 1. The molecule has 5 rings (SSSR count). The zero-order valence-electron chi connectivity index (χ0n) is 20.3. The van der Waals surface area contributed by atoms with Gasteiger partial charge in [0.25, 0.3) is 0 Å². The molecule has 2 heterocycles. The topological polar surface area (TPSA) is 74.3 Å². The van der Waals surface area contributed by atoms with Crippen molar-refractivity contribution in [2.75, 3.05) is 44.6 Å². The van der Waals surface area contributed by atoms with Crippen LogP contribution in [0.4, 0.5) is 16.2 Å². The Morgan fingerprint density at radius 1 is 1.00 bits per heavy atom. The van der Waals surface area contributed by atoms with Crippen molar-refractivity contribution < 1.29 is 19.4 Å². The van der Waals surface area contributed by atoms with E-state index in [-0.39, 0.29) is 30.6 Å². The van der Waals surface area contributed by atoms with Crippen LogP contribution >= 0.6 is 0 Å². The minimum Gasteiger partial charge on any atom is -0.497 e. The van der Waals surface area contributed by atoms with E-state index in [2.05, 4.69) is 34.5 Å². The van der Waals surface area contributed by atoms with Gasteiger partial charge in [-0.15, -0.1) is 0 Å². The van der Waals surface area contributed by atoms with E-state index in [1.807, 2.05) is 54.4 Å². The van der Waals surface area contributed by atoms with Crippen LogP contribution in [0.2, 0.25) is 0 Å². The van der Waals surface area contributed by atoms with E-state index < -0.39 is 0 Å². The molecule has 3 aromatic rings. The number of aliphatic hydroxyl groups is 1. The molecule has 0 aliphatic carbocycles. The molecule has 7 heteroatoms. The van der Waals surface area contributed by atoms with E-state index >= 15 is 0 Å². The fourth-order valence-electron chi connectivity index (χ4n) is 5.56. The van der Waals surface area contributed by atoms with Crippen molar-refractivity contribution in [2.24, 2.45) is 5.92 Å². The van der Waals surface area contributed by atoms with E-state index in [1.54, 1.807) is 14.2 Å². The van der Waals surface area contributed by atoms with Crippen LogP contribution in [0.15, 0.2) is 66.7 Å². The molecule has 0 aromatic heterocycles. The van der Waals surface area contributed by atoms with Crippen molar-refractivity contribution in [1.29, 1.82) is 0 Å². The maximum absolute atomic E-state index is 13.5. The Labute approximate surface area is 205 Å². The highest BCUT2D eigenvalue weighted by Crippen LogP contribution is 2.49. The van der Waals surface area contributed by atoms with Gasteiger partial charge in [-0.1, -0.05) is 24.3 Å². The van der Waals surface area contributed by atoms with Crippen LogP contribution in [0.1, 0.15) is 18.0 Å². The highest BCUT2D eigenvalue weighted by molar-refractivity contribution is 5.90. The molecule has 0 bridgehead atoms. The lowest BCUT2D eigenvalue weighted by atomic mass is 9.81. The van der Waals surface area contributed by atoms with Gasteiger partial charge in [0.1, 0.15) is 11.5 Å². The Morgan fingerprint density at radius 3 is 2.46 bits per heavy atom. The third kappa shape index (κ3) is 4.17. The molecule has 2 aliphatic heterocycles. The van der Waals surface area contributed by atoms with Crippen molar-refractivity contribution >= 4 is 17.4 Å². The number of carbonyl (C=O) groups excluding carboxylic acids is 1. The first-order chi connectivity index (χ1) is 17.0. The van der Waals surface area contributed by atoms with Crippen LogP contribution in [0, 0.1) is 5.92 Å². The van der Waals surface area contributed by atoms with Gasteiger partial charge in [0, 0.05) is 37.0 Å². The van der Waals surface area contributed by atoms with Gasteiger partial charge >= 0.3 is 6.03 Å². The van der Waals surface area contributed by atoms with Crippen molar-refractivity contribution in [1.82, 2.24) is 4.90 Å². The summed E-state index contributed by atoms with van der Waals surface area (Å²) in [6.45, 7) is 0.665. The summed E-state index contributed by atoms with van der Waals surface area (Å²) in [5.74, 6) is 1.62. The number of anilines is 2. The van der Waals surface area contributed by atoms with Crippen molar-refractivity contribution in [3.8, 4) is 22.6 Å². The van der Waals surface area contributed by atoms with E-state index in [0.29, 0.717) is 18.0 Å². The Bertz CT molecular complexity index is 1230. The summed E-state index contributed by atoms with van der Waals surface area (Å²) in [5.41, 5.74) is 4.95. The van der Waals surface area contributed by atoms with E-state index in [1.165, 1.54) is 0 Å². The summed E-state index contributed by atoms with van der Waals surface area (Å²) < 4.78 is 10.7. The van der Waals surface area contributed by atoms with Crippen LogP contribution in [0.3, 0.4) is 0 Å². The van der Waals surface area contributed by atoms with Gasteiger partial charge in [0.05, 0.1) is 32.9 Å². The van der Waals surface area contributed by atoms with Gasteiger partial charge in [-0.2, -0.15) is 0 Å². The average molecular weight is 474 g/mol. The molecule has 0 saturated carbocycles. The summed E-state index contributed by atoms with van der Waals surface area (Å²) >= 11 is 0. The van der Waals surface area contributed by atoms with Crippen LogP contribution in [-0.4, -0.2) is 56.5 Å². The lowest BCUT2D eigenvalue weighted by Crippen LogP contribution is -2.48. The molecule has 0 unspecified atom stereocenters. The number of amides is 2. The van der Waals surface area contributed by atoms with Crippen LogP contribution in [0.5, 0.6) is 11.5 Å². The second kappa shape index (κ2) is 9.50. The first-order valence-electron chi connectivity index (χ1n) is 11.9. The number of fused-ring (bicyclic) bond motifs is 3. The molecule has 0 spiro atoms. The third-order valence-corrected chi connectivity index (χ3v) is 7.33. The minimum atomic E-state index is -0.148. The van der Waals surface area contributed by atoms with Crippen LogP contribution in [-0.2, 0) is 0 Å². The van der Waals surface area contributed by atoms with Gasteiger partial charge < -0.3 is 29.7 Å². The molecule has 1 fully saturated rings. The van der Waals surface area contributed by atoms with Crippen molar-refractivity contribution in [3.63, 3.8) is 0 Å². The zero-order valence-corrected chi connectivity index (χ0v) is 20.3. The molecule has 3 atom stereocenters. The average Bonchev–Trinajstić information content (AvgIpc) is 3.34. The van der Waals surface area contributed by atoms with Gasteiger partial charge in [0.2, 0.25) is 0 Å². The van der Waals surface area contributed by atoms with Crippen LogP contribution < -0.4 is 19.7 Å². The molecule has 182 valence electrons. The Morgan fingerprint density at radius 2 is 1.71 bits per heavy atom. The number of urea groups is 1. The normalized spacial score (nSPS) is 20.7. The second-order valence-electron chi connectivity index (χ2n) is 9.12. The van der Waals surface area contributed by atoms with Crippen LogP contribution in [0.25, 0.3) is 11.1 Å². The smallest absolute Gasteiger partial charge is 0.322 e. The molecule has 0 radical (unpaired) electrons. The number of ether oxygens (including phenoxy) is 2. The monoisotopic (exact) mass is 473 g/mol. The number of hydrogen-bond acceptors (Lipinski definition) is 5. The highest BCUT2D eigenvalue weighted by Gasteiger charge is 2.47. The highest BCUT2D eigenvalue weighted by atomic mass is 16.5. The number of carbonyl (C=O) groups is 1. The molecular weight excluding hydrogens is 442 g/mol. The number of benzene rings is 3. The summed E-state index contributed by atoms with van der Waals surface area (Å²) in [6.07, 6.45) is 0.828. The number of likely N-dealkylation sites (N-methyl/N-ethyl adjacent to an activating group) is 1. The number of nitrogens with zero attached hydrogens (tertiary/aromatic N) is 2. The first-order valence-corrected chi connectivity index (χ1v) is 11.9. The number of nitrogens with one attached hydrogen (secondary N) is 1.